The number of ether oxygens (including phenoxy) is 1. The Morgan fingerprint density at radius 2 is 1.88 bits per heavy atom. The van der Waals surface area contributed by atoms with Crippen molar-refractivity contribution in [3.63, 3.8) is 0 Å². The van der Waals surface area contributed by atoms with Crippen LogP contribution < -0.4 is 4.90 Å². The number of alkyl halides is 2. The van der Waals surface area contributed by atoms with E-state index in [1.165, 1.54) is 0 Å². The average molecular weight is 622 g/mol. The Morgan fingerprint density at radius 1 is 1.21 bits per heavy atom. The Hall–Kier alpha value is -2.73. The van der Waals surface area contributed by atoms with E-state index in [-0.39, 0.29) is 17.9 Å². The van der Waals surface area contributed by atoms with Crippen molar-refractivity contribution < 1.29 is 28.2 Å². The van der Waals surface area contributed by atoms with Gasteiger partial charge < -0.3 is 24.2 Å². The number of rotatable bonds is 11. The zero-order valence-electron chi connectivity index (χ0n) is 26.8. The summed E-state index contributed by atoms with van der Waals surface area (Å²) < 4.78 is 34.8. The third-order valence-electron chi connectivity index (χ3n) is 8.93. The van der Waals surface area contributed by atoms with Gasteiger partial charge in [0.05, 0.1) is 24.5 Å². The van der Waals surface area contributed by atoms with E-state index >= 15 is 0 Å². The highest BCUT2D eigenvalue weighted by Gasteiger charge is 2.43. The normalized spacial score (nSPS) is 20.6. The SMILES string of the molecule is CCN1CN([C@H]2CC[C@H](C(N(CC(F)F)C(=O)O)C(C)(C)C)CC2)c2c(cnc3c2ccn3COCC[Si](C)(C)C)C1=O. The number of anilines is 1. The fourth-order valence-corrected chi connectivity index (χ4v) is 7.64. The second kappa shape index (κ2) is 13.1. The molecule has 1 aliphatic heterocycles. The predicted molar refractivity (Wildman–Crippen MR) is 168 cm³/mol. The van der Waals surface area contributed by atoms with E-state index in [1.807, 2.05) is 49.4 Å². The van der Waals surface area contributed by atoms with Crippen molar-refractivity contribution in [1.29, 1.82) is 0 Å². The zero-order chi connectivity index (χ0) is 31.7. The van der Waals surface area contributed by atoms with E-state index in [0.29, 0.717) is 45.0 Å². The van der Waals surface area contributed by atoms with Crippen LogP contribution in [0.1, 0.15) is 63.7 Å². The van der Waals surface area contributed by atoms with Gasteiger partial charge in [0.15, 0.2) is 0 Å². The average Bonchev–Trinajstić information content (AvgIpc) is 3.33. The van der Waals surface area contributed by atoms with Gasteiger partial charge in [-0.15, -0.1) is 0 Å². The van der Waals surface area contributed by atoms with E-state index < -0.39 is 38.6 Å². The lowest BCUT2D eigenvalue weighted by Gasteiger charge is -2.48. The van der Waals surface area contributed by atoms with Gasteiger partial charge in [-0.2, -0.15) is 0 Å². The van der Waals surface area contributed by atoms with Gasteiger partial charge in [-0.25, -0.2) is 18.6 Å². The summed E-state index contributed by atoms with van der Waals surface area (Å²) in [5.41, 5.74) is 1.76. The van der Waals surface area contributed by atoms with Gasteiger partial charge in [-0.3, -0.25) is 9.69 Å². The summed E-state index contributed by atoms with van der Waals surface area (Å²) in [7, 11) is -1.20. The van der Waals surface area contributed by atoms with Crippen molar-refractivity contribution in [2.75, 3.05) is 31.3 Å². The molecular formula is C31H49F2N5O4Si. The molecule has 2 aliphatic rings. The van der Waals surface area contributed by atoms with Crippen molar-refractivity contribution in [3.8, 4) is 0 Å². The minimum Gasteiger partial charge on any atom is -0.465 e. The molecule has 2 aromatic heterocycles. The highest BCUT2D eigenvalue weighted by molar-refractivity contribution is 6.76. The highest BCUT2D eigenvalue weighted by Crippen LogP contribution is 2.43. The molecule has 2 amide bonds. The Balaban J connectivity index is 1.59. The molecule has 0 spiro atoms. The maximum absolute atomic E-state index is 13.4. The van der Waals surface area contributed by atoms with E-state index in [0.717, 1.165) is 40.5 Å². The monoisotopic (exact) mass is 621 g/mol. The molecule has 4 rings (SSSR count). The van der Waals surface area contributed by atoms with Crippen LogP contribution in [-0.4, -0.2) is 89.4 Å². The predicted octanol–water partition coefficient (Wildman–Crippen LogP) is 6.81. The molecule has 1 aliphatic carbocycles. The van der Waals surface area contributed by atoms with E-state index in [9.17, 15) is 23.5 Å². The molecule has 0 aromatic carbocycles. The van der Waals surface area contributed by atoms with E-state index in [4.69, 9.17) is 9.72 Å². The van der Waals surface area contributed by atoms with Gasteiger partial charge >= 0.3 is 6.09 Å². The molecule has 3 heterocycles. The molecule has 1 N–H and O–H groups in total. The summed E-state index contributed by atoms with van der Waals surface area (Å²) in [5, 5.41) is 10.8. The van der Waals surface area contributed by atoms with Gasteiger partial charge in [0.1, 0.15) is 12.4 Å². The van der Waals surface area contributed by atoms with Crippen LogP contribution >= 0.6 is 0 Å². The second-order valence-electron chi connectivity index (χ2n) is 14.4. The summed E-state index contributed by atoms with van der Waals surface area (Å²) >= 11 is 0. The minimum atomic E-state index is -2.73. The Morgan fingerprint density at radius 3 is 2.44 bits per heavy atom. The Labute approximate surface area is 255 Å². The molecule has 1 unspecified atom stereocenters. The fraction of sp³-hybridized carbons (Fsp3) is 0.710. The summed E-state index contributed by atoms with van der Waals surface area (Å²) in [4.78, 5) is 35.3. The van der Waals surface area contributed by atoms with Gasteiger partial charge in [-0.1, -0.05) is 40.4 Å². The number of carboxylic acid groups (broad SMARTS) is 1. The summed E-state index contributed by atoms with van der Waals surface area (Å²) in [5.74, 6) is -0.0704. The van der Waals surface area contributed by atoms with Crippen molar-refractivity contribution in [1.82, 2.24) is 19.4 Å². The lowest BCUT2D eigenvalue weighted by Crippen LogP contribution is -2.55. The van der Waals surface area contributed by atoms with Crippen LogP contribution in [0, 0.1) is 11.3 Å². The molecule has 43 heavy (non-hydrogen) atoms. The number of nitrogens with zero attached hydrogens (tertiary/aromatic N) is 5. The third-order valence-corrected chi connectivity index (χ3v) is 10.6. The first kappa shape index (κ1) is 33.2. The number of aromatic nitrogens is 2. The molecule has 12 heteroatoms. The molecule has 1 atom stereocenters. The first-order valence-electron chi connectivity index (χ1n) is 15.5. The van der Waals surface area contributed by atoms with Crippen LogP contribution in [0.4, 0.5) is 19.3 Å². The third kappa shape index (κ3) is 7.50. The highest BCUT2D eigenvalue weighted by atomic mass is 28.3. The fourth-order valence-electron chi connectivity index (χ4n) is 6.88. The number of hydrogen-bond donors (Lipinski definition) is 1. The Bertz CT molecular complexity index is 1280. The zero-order valence-corrected chi connectivity index (χ0v) is 27.8. The van der Waals surface area contributed by atoms with Crippen molar-refractivity contribution in [2.24, 2.45) is 11.3 Å². The van der Waals surface area contributed by atoms with Gasteiger partial charge in [-0.05, 0) is 56.1 Å². The number of pyridine rings is 1. The number of fused-ring (bicyclic) bond motifs is 3. The van der Waals surface area contributed by atoms with Crippen LogP contribution in [0.5, 0.6) is 0 Å². The second-order valence-corrected chi connectivity index (χ2v) is 20.0. The van der Waals surface area contributed by atoms with Crippen LogP contribution in [0.3, 0.4) is 0 Å². The van der Waals surface area contributed by atoms with Crippen LogP contribution in [0.15, 0.2) is 18.5 Å². The van der Waals surface area contributed by atoms with Crippen molar-refractivity contribution in [2.45, 2.75) is 104 Å². The first-order valence-corrected chi connectivity index (χ1v) is 19.2. The summed E-state index contributed by atoms with van der Waals surface area (Å²) in [6.45, 7) is 16.1. The smallest absolute Gasteiger partial charge is 0.407 e. The lowest BCUT2D eigenvalue weighted by molar-refractivity contribution is 0.00149. The van der Waals surface area contributed by atoms with Crippen molar-refractivity contribution in [3.05, 3.63) is 24.0 Å². The van der Waals surface area contributed by atoms with E-state index in [2.05, 4.69) is 24.5 Å². The van der Waals surface area contributed by atoms with Gasteiger partial charge in [0.2, 0.25) is 0 Å². The standard InChI is InChI=1S/C31H49F2N5O4Si/c1-8-35-19-38(22-11-9-21(10-12-22)27(31(2,3)4)37(30(40)41)18-25(32)33)26-23-13-14-36(20-42-15-16-43(5,6)7)28(23)34-17-24(26)29(35)39/h13-14,17,21-22,25,27H,8-12,15-16,18-20H2,1-7H3,(H,40,41)/t21-,22-,27?. The molecule has 0 bridgehead atoms. The molecule has 0 radical (unpaired) electrons. The number of carbonyl (C=O) groups is 2. The lowest BCUT2D eigenvalue weighted by atomic mass is 9.71. The van der Waals surface area contributed by atoms with E-state index in [1.54, 1.807) is 6.20 Å². The maximum atomic E-state index is 13.4. The molecular weight excluding hydrogens is 572 g/mol. The summed E-state index contributed by atoms with van der Waals surface area (Å²) in [6.07, 6.45) is 2.60. The molecule has 1 saturated carbocycles. The molecule has 240 valence electrons. The van der Waals surface area contributed by atoms with Gasteiger partial charge in [0.25, 0.3) is 12.3 Å². The van der Waals surface area contributed by atoms with Crippen LogP contribution in [0.2, 0.25) is 25.7 Å². The summed E-state index contributed by atoms with van der Waals surface area (Å²) in [6, 6.07) is 2.69. The molecule has 1 fully saturated rings. The van der Waals surface area contributed by atoms with Crippen LogP contribution in [-0.2, 0) is 11.5 Å². The van der Waals surface area contributed by atoms with Crippen LogP contribution in [0.25, 0.3) is 11.0 Å². The maximum Gasteiger partial charge on any atom is 0.407 e. The number of carbonyl (C=O) groups excluding carboxylic acids is 1. The number of amides is 2. The molecule has 9 nitrogen and oxygen atoms in total. The minimum absolute atomic E-state index is 0.0344. The quantitative estimate of drug-likeness (QED) is 0.219. The Kier molecular flexibility index (Phi) is 10.1. The molecule has 2 aromatic rings. The van der Waals surface area contributed by atoms with Crippen molar-refractivity contribution >= 4 is 36.8 Å². The topological polar surface area (TPSA) is 91.1 Å². The molecule has 0 saturated heterocycles. The number of hydrogen-bond acceptors (Lipinski definition) is 5. The largest absolute Gasteiger partial charge is 0.465 e. The first-order chi connectivity index (χ1) is 20.1. The van der Waals surface area contributed by atoms with Gasteiger partial charge in [0, 0.05) is 51.1 Å². The number of halogens is 2.